The summed E-state index contributed by atoms with van der Waals surface area (Å²) in [4.78, 5) is 23.6. The van der Waals surface area contributed by atoms with Crippen LogP contribution in [0.2, 0.25) is 0 Å². The zero-order valence-corrected chi connectivity index (χ0v) is 18.1. The highest BCUT2D eigenvalue weighted by atomic mass is 32.2. The number of thioether (sulfide) groups is 1. The van der Waals surface area contributed by atoms with Gasteiger partial charge >= 0.3 is 6.09 Å². The predicted octanol–water partition coefficient (Wildman–Crippen LogP) is 4.24. The molecule has 2 aromatic heterocycles. The molecular formula is C22H24N6O2S. The third kappa shape index (κ3) is 4.51. The van der Waals surface area contributed by atoms with E-state index in [0.29, 0.717) is 30.6 Å². The van der Waals surface area contributed by atoms with Crippen molar-refractivity contribution in [2.75, 3.05) is 18.1 Å². The van der Waals surface area contributed by atoms with E-state index in [-0.39, 0.29) is 12.7 Å². The van der Waals surface area contributed by atoms with Crippen molar-refractivity contribution >= 4 is 29.5 Å². The van der Waals surface area contributed by atoms with Crippen molar-refractivity contribution in [1.82, 2.24) is 25.1 Å². The SMILES string of the molecule is CSc1nc2c(c(Nc3cc(C4CC4)[nH]n3)n1)CCN(C(=O)OCc1ccccc1)C2. The zero-order chi connectivity index (χ0) is 21.2. The molecule has 1 saturated carbocycles. The second-order valence-corrected chi connectivity index (χ2v) is 8.58. The average Bonchev–Trinajstić information content (AvgIpc) is 3.56. The molecule has 2 aliphatic rings. The van der Waals surface area contributed by atoms with Crippen LogP contribution in [0, 0.1) is 0 Å². The number of ether oxygens (including phenoxy) is 1. The van der Waals surface area contributed by atoms with Crippen LogP contribution in [0.3, 0.4) is 0 Å². The summed E-state index contributed by atoms with van der Waals surface area (Å²) in [7, 11) is 0. The van der Waals surface area contributed by atoms with E-state index in [9.17, 15) is 4.79 Å². The third-order valence-corrected chi connectivity index (χ3v) is 6.10. The van der Waals surface area contributed by atoms with Crippen LogP contribution in [0.25, 0.3) is 0 Å². The maximum Gasteiger partial charge on any atom is 0.410 e. The van der Waals surface area contributed by atoms with Crippen LogP contribution in [0.4, 0.5) is 16.4 Å². The lowest BCUT2D eigenvalue weighted by molar-refractivity contribution is 0.0911. The molecule has 1 amide bonds. The van der Waals surface area contributed by atoms with Gasteiger partial charge in [0.1, 0.15) is 12.4 Å². The fourth-order valence-electron chi connectivity index (χ4n) is 3.69. The van der Waals surface area contributed by atoms with E-state index in [1.54, 1.807) is 4.90 Å². The largest absolute Gasteiger partial charge is 0.445 e. The maximum absolute atomic E-state index is 12.6. The topological polar surface area (TPSA) is 96.0 Å². The van der Waals surface area contributed by atoms with E-state index >= 15 is 0 Å². The van der Waals surface area contributed by atoms with Crippen LogP contribution in [0.15, 0.2) is 41.6 Å². The van der Waals surface area contributed by atoms with Crippen LogP contribution in [-0.2, 0) is 24.3 Å². The Morgan fingerprint density at radius 2 is 2.13 bits per heavy atom. The van der Waals surface area contributed by atoms with Crippen LogP contribution in [0.5, 0.6) is 0 Å². The lowest BCUT2D eigenvalue weighted by Gasteiger charge is -2.28. The molecule has 2 N–H and O–H groups in total. The van der Waals surface area contributed by atoms with Crippen molar-refractivity contribution in [3.8, 4) is 0 Å². The number of carbonyl (C=O) groups excluding carboxylic acids is 1. The van der Waals surface area contributed by atoms with Crippen molar-refractivity contribution in [2.45, 2.75) is 43.5 Å². The van der Waals surface area contributed by atoms with Crippen molar-refractivity contribution in [3.63, 3.8) is 0 Å². The van der Waals surface area contributed by atoms with Gasteiger partial charge in [-0.25, -0.2) is 14.8 Å². The molecule has 3 aromatic rings. The Balaban J connectivity index is 1.30. The number of benzene rings is 1. The Morgan fingerprint density at radius 1 is 1.29 bits per heavy atom. The molecule has 0 atom stereocenters. The predicted molar refractivity (Wildman–Crippen MR) is 118 cm³/mol. The highest BCUT2D eigenvalue weighted by Gasteiger charge is 2.28. The van der Waals surface area contributed by atoms with Gasteiger partial charge in [-0.05, 0) is 31.1 Å². The average molecular weight is 437 g/mol. The Bertz CT molecular complexity index is 1080. The van der Waals surface area contributed by atoms with Crippen molar-refractivity contribution in [2.24, 2.45) is 0 Å². The number of nitrogens with one attached hydrogen (secondary N) is 2. The smallest absolute Gasteiger partial charge is 0.410 e. The van der Waals surface area contributed by atoms with E-state index in [2.05, 4.69) is 31.5 Å². The molecule has 0 saturated heterocycles. The highest BCUT2D eigenvalue weighted by Crippen LogP contribution is 2.40. The second-order valence-electron chi connectivity index (χ2n) is 7.80. The quantitative estimate of drug-likeness (QED) is 0.441. The minimum Gasteiger partial charge on any atom is -0.445 e. The van der Waals surface area contributed by atoms with E-state index in [4.69, 9.17) is 4.74 Å². The number of anilines is 2. The lowest BCUT2D eigenvalue weighted by Crippen LogP contribution is -2.37. The monoisotopic (exact) mass is 436 g/mol. The number of hydrogen-bond donors (Lipinski definition) is 2. The third-order valence-electron chi connectivity index (χ3n) is 5.55. The van der Waals surface area contributed by atoms with Crippen LogP contribution in [0.1, 0.15) is 41.3 Å². The van der Waals surface area contributed by atoms with E-state index in [1.807, 2.05) is 36.6 Å². The van der Waals surface area contributed by atoms with Gasteiger partial charge < -0.3 is 15.0 Å². The summed E-state index contributed by atoms with van der Waals surface area (Å²) >= 11 is 1.48. The number of nitrogens with zero attached hydrogens (tertiary/aromatic N) is 4. The number of H-pyrrole nitrogens is 1. The number of fused-ring (bicyclic) bond motifs is 1. The zero-order valence-electron chi connectivity index (χ0n) is 17.3. The molecule has 31 heavy (non-hydrogen) atoms. The van der Waals surface area contributed by atoms with Crippen LogP contribution >= 0.6 is 11.8 Å². The molecule has 9 heteroatoms. The van der Waals surface area contributed by atoms with E-state index < -0.39 is 0 Å². The summed E-state index contributed by atoms with van der Waals surface area (Å²) in [6, 6.07) is 11.8. The van der Waals surface area contributed by atoms with Gasteiger partial charge in [0.05, 0.1) is 12.2 Å². The van der Waals surface area contributed by atoms with E-state index in [1.165, 1.54) is 30.3 Å². The van der Waals surface area contributed by atoms with Crippen molar-refractivity contribution in [1.29, 1.82) is 0 Å². The molecule has 1 aromatic carbocycles. The first kappa shape index (κ1) is 19.9. The normalized spacial score (nSPS) is 15.5. The van der Waals surface area contributed by atoms with Crippen molar-refractivity contribution in [3.05, 3.63) is 58.9 Å². The first-order valence-corrected chi connectivity index (χ1v) is 11.6. The minimum atomic E-state index is -0.324. The van der Waals surface area contributed by atoms with Gasteiger partial charge in [-0.2, -0.15) is 5.10 Å². The molecule has 1 aliphatic carbocycles. The number of amides is 1. The Morgan fingerprint density at radius 3 is 2.90 bits per heavy atom. The van der Waals surface area contributed by atoms with Gasteiger partial charge in [-0.3, -0.25) is 5.10 Å². The van der Waals surface area contributed by atoms with Crippen LogP contribution < -0.4 is 5.32 Å². The summed E-state index contributed by atoms with van der Waals surface area (Å²) in [6.45, 7) is 1.23. The van der Waals surface area contributed by atoms with Gasteiger partial charge in [0.15, 0.2) is 11.0 Å². The van der Waals surface area contributed by atoms with Gasteiger partial charge in [0, 0.05) is 29.8 Å². The van der Waals surface area contributed by atoms with Gasteiger partial charge in [-0.15, -0.1) is 0 Å². The summed E-state index contributed by atoms with van der Waals surface area (Å²) in [5, 5.41) is 11.5. The molecule has 0 unspecified atom stereocenters. The van der Waals surface area contributed by atoms with Gasteiger partial charge in [0.25, 0.3) is 0 Å². The molecule has 0 bridgehead atoms. The molecule has 0 spiro atoms. The summed E-state index contributed by atoms with van der Waals surface area (Å²) in [5.74, 6) is 2.14. The molecule has 0 radical (unpaired) electrons. The maximum atomic E-state index is 12.6. The molecular weight excluding hydrogens is 412 g/mol. The highest BCUT2D eigenvalue weighted by molar-refractivity contribution is 7.98. The summed E-state index contributed by atoms with van der Waals surface area (Å²) in [6.07, 6.45) is 4.72. The summed E-state index contributed by atoms with van der Waals surface area (Å²) < 4.78 is 5.50. The van der Waals surface area contributed by atoms with E-state index in [0.717, 1.165) is 28.5 Å². The first-order chi connectivity index (χ1) is 15.2. The molecule has 8 nitrogen and oxygen atoms in total. The molecule has 3 heterocycles. The number of carbonyl (C=O) groups is 1. The number of aromatic nitrogens is 4. The van der Waals surface area contributed by atoms with Crippen molar-refractivity contribution < 1.29 is 9.53 Å². The molecule has 5 rings (SSSR count). The molecule has 160 valence electrons. The number of aromatic amines is 1. The fraction of sp³-hybridized carbons (Fsp3) is 0.364. The Labute approximate surface area is 184 Å². The first-order valence-electron chi connectivity index (χ1n) is 10.4. The standard InChI is InChI=1S/C22H24N6O2S/c1-31-21-23-18-12-28(22(29)30-13-14-5-3-2-4-6-14)10-9-16(18)20(25-21)24-19-11-17(26-27-19)15-7-8-15/h2-6,11,15H,7-10,12-13H2,1H3,(H2,23,24,25,26,27). The Kier molecular flexibility index (Phi) is 5.50. The second kappa shape index (κ2) is 8.58. The number of rotatable bonds is 6. The Hall–Kier alpha value is -3.07. The molecule has 1 aliphatic heterocycles. The minimum absolute atomic E-state index is 0.262. The lowest BCUT2D eigenvalue weighted by atomic mass is 10.1. The van der Waals surface area contributed by atoms with Gasteiger partial charge in [0.2, 0.25) is 0 Å². The number of hydrogen-bond acceptors (Lipinski definition) is 7. The fourth-order valence-corrected chi connectivity index (χ4v) is 4.08. The summed E-state index contributed by atoms with van der Waals surface area (Å²) in [5.41, 5.74) is 4.02. The van der Waals surface area contributed by atoms with Crippen LogP contribution in [-0.4, -0.2) is 44.0 Å². The van der Waals surface area contributed by atoms with Gasteiger partial charge in [-0.1, -0.05) is 42.1 Å². The molecule has 1 fully saturated rings.